The Morgan fingerprint density at radius 2 is 2.15 bits per heavy atom. The predicted molar refractivity (Wildman–Crippen MR) is 76.2 cm³/mol. The summed E-state index contributed by atoms with van der Waals surface area (Å²) in [5, 5.41) is 0. The highest BCUT2D eigenvalue weighted by molar-refractivity contribution is 5.68. The van der Waals surface area contributed by atoms with E-state index in [-0.39, 0.29) is 6.09 Å². The van der Waals surface area contributed by atoms with E-state index < -0.39 is 5.60 Å². The van der Waals surface area contributed by atoms with Gasteiger partial charge in [-0.05, 0) is 39.3 Å². The maximum Gasteiger partial charge on any atom is 0.410 e. The molecule has 1 amide bonds. The molecule has 0 aliphatic carbocycles. The largest absolute Gasteiger partial charge is 0.444 e. The smallest absolute Gasteiger partial charge is 0.410 e. The van der Waals surface area contributed by atoms with Crippen LogP contribution in [0.1, 0.15) is 39.3 Å². The number of pyridine rings is 1. The molecule has 0 N–H and O–H groups in total. The van der Waals surface area contributed by atoms with E-state index in [1.165, 1.54) is 0 Å². The minimum atomic E-state index is -0.538. The second-order valence-electron chi connectivity index (χ2n) is 5.53. The lowest BCUT2D eigenvalue weighted by Crippen LogP contribution is -2.37. The summed E-state index contributed by atoms with van der Waals surface area (Å²) in [7, 11) is 0. The molecule has 0 aliphatic rings. The normalized spacial score (nSPS) is 10.9. The Kier molecular flexibility index (Phi) is 6.15. The van der Waals surface area contributed by atoms with Gasteiger partial charge < -0.3 is 14.4 Å². The van der Waals surface area contributed by atoms with Gasteiger partial charge in [-0.3, -0.25) is 4.98 Å². The van der Waals surface area contributed by atoms with E-state index in [1.807, 2.05) is 39.0 Å². The first kappa shape index (κ1) is 16.1. The van der Waals surface area contributed by atoms with Gasteiger partial charge in [-0.1, -0.05) is 6.07 Å². The second kappa shape index (κ2) is 7.62. The number of rotatable bonds is 6. The van der Waals surface area contributed by atoms with Crippen molar-refractivity contribution in [3.8, 4) is 0 Å². The Morgan fingerprint density at radius 1 is 1.40 bits per heavy atom. The van der Waals surface area contributed by atoms with E-state index in [0.29, 0.717) is 25.9 Å². The van der Waals surface area contributed by atoms with Gasteiger partial charge in [0.1, 0.15) is 11.9 Å². The van der Waals surface area contributed by atoms with Crippen LogP contribution >= 0.6 is 0 Å². The van der Waals surface area contributed by atoms with E-state index in [9.17, 15) is 9.59 Å². The van der Waals surface area contributed by atoms with Crippen LogP contribution in [0.3, 0.4) is 0 Å². The van der Waals surface area contributed by atoms with Crippen LogP contribution in [0.4, 0.5) is 4.79 Å². The van der Waals surface area contributed by atoms with E-state index in [4.69, 9.17) is 4.74 Å². The van der Waals surface area contributed by atoms with Crippen LogP contribution < -0.4 is 0 Å². The van der Waals surface area contributed by atoms with Crippen molar-refractivity contribution in [2.45, 2.75) is 45.8 Å². The molecule has 0 saturated heterocycles. The summed E-state index contributed by atoms with van der Waals surface area (Å²) < 4.78 is 5.37. The summed E-state index contributed by atoms with van der Waals surface area (Å²) in [6.07, 6.45) is 3.22. The van der Waals surface area contributed by atoms with E-state index in [1.54, 1.807) is 11.1 Å². The van der Waals surface area contributed by atoms with Gasteiger partial charge >= 0.3 is 6.09 Å². The standard InChI is InChI=1S/C15H22N2O3/c1-15(2,3)20-14(19)17(10-6-7-11-18)12-13-8-4-5-9-16-13/h4-5,8-9,11H,6-7,10,12H2,1-3H3. The third-order valence-corrected chi connectivity index (χ3v) is 2.48. The quantitative estimate of drug-likeness (QED) is 0.593. The molecule has 0 spiro atoms. The van der Waals surface area contributed by atoms with Crippen LogP contribution in [0.2, 0.25) is 0 Å². The molecular weight excluding hydrogens is 256 g/mol. The third-order valence-electron chi connectivity index (χ3n) is 2.48. The predicted octanol–water partition coefficient (Wildman–Crippen LogP) is 2.80. The SMILES string of the molecule is CC(C)(C)OC(=O)N(CCCC=O)Cc1ccccn1. The Hall–Kier alpha value is -1.91. The zero-order valence-corrected chi connectivity index (χ0v) is 12.3. The number of amides is 1. The van der Waals surface area contributed by atoms with Crippen molar-refractivity contribution < 1.29 is 14.3 Å². The first-order valence-electron chi connectivity index (χ1n) is 6.74. The minimum Gasteiger partial charge on any atom is -0.444 e. The van der Waals surface area contributed by atoms with Crippen molar-refractivity contribution in [2.24, 2.45) is 0 Å². The number of aromatic nitrogens is 1. The number of nitrogens with zero attached hydrogens (tertiary/aromatic N) is 2. The zero-order chi connectivity index (χ0) is 15.0. The molecule has 0 unspecified atom stereocenters. The van der Waals surface area contributed by atoms with Gasteiger partial charge in [0, 0.05) is 19.2 Å². The van der Waals surface area contributed by atoms with Crippen LogP contribution in [0.5, 0.6) is 0 Å². The highest BCUT2D eigenvalue weighted by atomic mass is 16.6. The monoisotopic (exact) mass is 278 g/mol. The molecule has 5 nitrogen and oxygen atoms in total. The molecule has 0 aliphatic heterocycles. The van der Waals surface area contributed by atoms with Crippen LogP contribution in [0.15, 0.2) is 24.4 Å². The highest BCUT2D eigenvalue weighted by Gasteiger charge is 2.22. The number of hydrogen-bond acceptors (Lipinski definition) is 4. The van der Waals surface area contributed by atoms with E-state index >= 15 is 0 Å². The molecule has 0 bridgehead atoms. The summed E-state index contributed by atoms with van der Waals surface area (Å²) in [6.45, 7) is 6.35. The van der Waals surface area contributed by atoms with Gasteiger partial charge in [0.2, 0.25) is 0 Å². The van der Waals surface area contributed by atoms with Gasteiger partial charge in [0.25, 0.3) is 0 Å². The van der Waals surface area contributed by atoms with Crippen LogP contribution in [-0.2, 0) is 16.1 Å². The summed E-state index contributed by atoms with van der Waals surface area (Å²) in [6, 6.07) is 5.56. The lowest BCUT2D eigenvalue weighted by Gasteiger charge is -2.27. The van der Waals surface area contributed by atoms with E-state index in [0.717, 1.165) is 12.0 Å². The lowest BCUT2D eigenvalue weighted by atomic mass is 10.2. The minimum absolute atomic E-state index is 0.381. The maximum absolute atomic E-state index is 12.1. The van der Waals surface area contributed by atoms with Crippen LogP contribution in [0.25, 0.3) is 0 Å². The fourth-order valence-corrected chi connectivity index (χ4v) is 1.61. The second-order valence-corrected chi connectivity index (χ2v) is 5.53. The van der Waals surface area contributed by atoms with Crippen molar-refractivity contribution in [3.05, 3.63) is 30.1 Å². The number of ether oxygens (including phenoxy) is 1. The zero-order valence-electron chi connectivity index (χ0n) is 12.3. The maximum atomic E-state index is 12.1. The molecular formula is C15H22N2O3. The van der Waals surface area contributed by atoms with Crippen molar-refractivity contribution >= 4 is 12.4 Å². The highest BCUT2D eigenvalue weighted by Crippen LogP contribution is 2.12. The fraction of sp³-hybridized carbons (Fsp3) is 0.533. The van der Waals surface area contributed by atoms with Crippen molar-refractivity contribution in [1.82, 2.24) is 9.88 Å². The molecule has 1 aromatic rings. The van der Waals surface area contributed by atoms with Crippen molar-refractivity contribution in [2.75, 3.05) is 6.54 Å². The summed E-state index contributed by atoms with van der Waals surface area (Å²) in [4.78, 5) is 28.3. The average Bonchev–Trinajstić information content (AvgIpc) is 2.37. The molecule has 0 aromatic carbocycles. The Labute approximate surface area is 119 Å². The Morgan fingerprint density at radius 3 is 2.70 bits per heavy atom. The third kappa shape index (κ3) is 6.31. The number of carbonyl (C=O) groups excluding carboxylic acids is 2. The van der Waals surface area contributed by atoms with Gasteiger partial charge in [-0.25, -0.2) is 4.79 Å². The van der Waals surface area contributed by atoms with Gasteiger partial charge in [0.15, 0.2) is 0 Å². The Bertz CT molecular complexity index is 426. The summed E-state index contributed by atoms with van der Waals surface area (Å²) in [5.41, 5.74) is 0.258. The Balaban J connectivity index is 2.68. The number of hydrogen-bond donors (Lipinski definition) is 0. The number of aldehydes is 1. The average molecular weight is 278 g/mol. The topological polar surface area (TPSA) is 59.5 Å². The molecule has 1 rings (SSSR count). The van der Waals surface area contributed by atoms with Gasteiger partial charge in [-0.2, -0.15) is 0 Å². The molecule has 1 heterocycles. The molecule has 0 saturated carbocycles. The van der Waals surface area contributed by atoms with Gasteiger partial charge in [0.05, 0.1) is 12.2 Å². The first-order chi connectivity index (χ1) is 9.42. The fourth-order valence-electron chi connectivity index (χ4n) is 1.61. The van der Waals surface area contributed by atoms with Crippen LogP contribution in [-0.4, -0.2) is 34.4 Å². The lowest BCUT2D eigenvalue weighted by molar-refractivity contribution is -0.108. The molecule has 1 aromatic heterocycles. The summed E-state index contributed by atoms with van der Waals surface area (Å²) in [5.74, 6) is 0. The van der Waals surface area contributed by atoms with Crippen molar-refractivity contribution in [1.29, 1.82) is 0 Å². The molecule has 20 heavy (non-hydrogen) atoms. The molecule has 5 heteroatoms. The number of unbranched alkanes of at least 4 members (excludes halogenated alkanes) is 1. The molecule has 0 atom stereocenters. The molecule has 0 radical (unpaired) electrons. The van der Waals surface area contributed by atoms with Gasteiger partial charge in [-0.15, -0.1) is 0 Å². The van der Waals surface area contributed by atoms with Crippen LogP contribution in [0, 0.1) is 0 Å². The number of carbonyl (C=O) groups is 2. The summed E-state index contributed by atoms with van der Waals surface area (Å²) >= 11 is 0. The van der Waals surface area contributed by atoms with Crippen molar-refractivity contribution in [3.63, 3.8) is 0 Å². The molecule has 110 valence electrons. The molecule has 0 fully saturated rings. The first-order valence-corrected chi connectivity index (χ1v) is 6.74. The van der Waals surface area contributed by atoms with E-state index in [2.05, 4.69) is 4.98 Å².